The van der Waals surface area contributed by atoms with E-state index in [1.807, 2.05) is 13.8 Å². The van der Waals surface area contributed by atoms with Crippen molar-refractivity contribution in [2.75, 3.05) is 39.5 Å². The van der Waals surface area contributed by atoms with Gasteiger partial charge in [-0.05, 0) is 18.8 Å². The molecule has 2 aliphatic heterocycles. The zero-order chi connectivity index (χ0) is 18.4. The Kier molecular flexibility index (Phi) is 6.78. The molecule has 25 heavy (non-hydrogen) atoms. The Bertz CT molecular complexity index is 501. The fraction of sp³-hybridized carbons (Fsp3) is 0.824. The van der Waals surface area contributed by atoms with Crippen LogP contribution in [0.3, 0.4) is 0 Å². The first-order chi connectivity index (χ1) is 11.8. The summed E-state index contributed by atoms with van der Waals surface area (Å²) in [5.74, 6) is -0.293. The van der Waals surface area contributed by atoms with Crippen molar-refractivity contribution in [1.29, 1.82) is 0 Å². The van der Waals surface area contributed by atoms with Gasteiger partial charge in [-0.3, -0.25) is 9.59 Å². The Balaban J connectivity index is 1.70. The van der Waals surface area contributed by atoms with Crippen molar-refractivity contribution >= 4 is 17.8 Å². The van der Waals surface area contributed by atoms with Crippen molar-refractivity contribution in [3.63, 3.8) is 0 Å². The number of rotatable bonds is 6. The number of nitrogens with zero attached hydrogens (tertiary/aromatic N) is 1. The van der Waals surface area contributed by atoms with Crippen molar-refractivity contribution in [3.05, 3.63) is 0 Å². The highest BCUT2D eigenvalue weighted by molar-refractivity contribution is 5.91. The molecule has 0 bridgehead atoms. The van der Waals surface area contributed by atoms with Gasteiger partial charge in [-0.1, -0.05) is 13.8 Å². The molecule has 2 heterocycles. The summed E-state index contributed by atoms with van der Waals surface area (Å²) in [5.41, 5.74) is -0.346. The van der Waals surface area contributed by atoms with Crippen LogP contribution >= 0.6 is 0 Å². The van der Waals surface area contributed by atoms with E-state index in [9.17, 15) is 14.4 Å². The van der Waals surface area contributed by atoms with Crippen LogP contribution in [0.1, 0.15) is 33.6 Å². The third kappa shape index (κ3) is 5.97. The minimum absolute atomic E-state index is 0.0486. The number of hydrogen-bond acceptors (Lipinski definition) is 6. The zero-order valence-electron chi connectivity index (χ0n) is 15.2. The second-order valence-corrected chi connectivity index (χ2v) is 7.33. The molecule has 0 saturated carbocycles. The predicted octanol–water partition coefficient (Wildman–Crippen LogP) is 0.734. The summed E-state index contributed by atoms with van der Waals surface area (Å²) in [7, 11) is 0. The fourth-order valence-corrected chi connectivity index (χ4v) is 2.86. The van der Waals surface area contributed by atoms with Gasteiger partial charge in [-0.2, -0.15) is 0 Å². The summed E-state index contributed by atoms with van der Waals surface area (Å²) in [5, 5.41) is 2.74. The van der Waals surface area contributed by atoms with Crippen LogP contribution in [0.15, 0.2) is 0 Å². The van der Waals surface area contributed by atoms with Crippen LogP contribution < -0.4 is 5.32 Å². The normalized spacial score (nSPS) is 24.3. The van der Waals surface area contributed by atoms with E-state index in [1.165, 1.54) is 0 Å². The van der Waals surface area contributed by atoms with Gasteiger partial charge in [-0.15, -0.1) is 0 Å². The lowest BCUT2D eigenvalue weighted by Gasteiger charge is -2.28. The average Bonchev–Trinajstić information content (AvgIpc) is 2.86. The van der Waals surface area contributed by atoms with Gasteiger partial charge in [0.1, 0.15) is 12.6 Å². The number of amides is 2. The summed E-state index contributed by atoms with van der Waals surface area (Å²) in [6, 6.07) is -0.567. The van der Waals surface area contributed by atoms with Crippen LogP contribution in [0, 0.1) is 5.41 Å². The average molecular weight is 356 g/mol. The summed E-state index contributed by atoms with van der Waals surface area (Å²) in [6.07, 6.45) is 0.167. The number of carbonyl (C=O) groups excluding carboxylic acids is 3. The van der Waals surface area contributed by atoms with Crippen molar-refractivity contribution in [2.24, 2.45) is 5.41 Å². The van der Waals surface area contributed by atoms with E-state index in [1.54, 1.807) is 11.8 Å². The van der Waals surface area contributed by atoms with Gasteiger partial charge in [0.2, 0.25) is 5.91 Å². The van der Waals surface area contributed by atoms with E-state index in [4.69, 9.17) is 14.2 Å². The Hall–Kier alpha value is -1.67. The largest absolute Gasteiger partial charge is 0.449 e. The lowest BCUT2D eigenvalue weighted by atomic mass is 9.85. The Morgan fingerprint density at radius 1 is 1.32 bits per heavy atom. The molecule has 2 aliphatic rings. The first-order valence-corrected chi connectivity index (χ1v) is 8.72. The maximum Gasteiger partial charge on any atom is 0.409 e. The van der Waals surface area contributed by atoms with Gasteiger partial charge in [0.25, 0.3) is 0 Å². The Labute approximate surface area is 148 Å². The highest BCUT2D eigenvalue weighted by Crippen LogP contribution is 2.25. The molecule has 8 nitrogen and oxygen atoms in total. The second kappa shape index (κ2) is 8.62. The van der Waals surface area contributed by atoms with Crippen LogP contribution in [0.2, 0.25) is 0 Å². The standard InChI is InChI=1S/C17H28N2O6/c1-12-15(13(20)11-25-12)18-14(21)10-17(2,3)4-7-24-16(22)19-5-8-23-9-6-19/h12,15H,4-11H2,1-3H3,(H,18,21). The molecule has 0 aliphatic carbocycles. The molecule has 0 aromatic heterocycles. The zero-order valence-corrected chi connectivity index (χ0v) is 15.2. The lowest BCUT2D eigenvalue weighted by molar-refractivity contribution is -0.127. The third-order valence-corrected chi connectivity index (χ3v) is 4.53. The molecule has 2 atom stereocenters. The summed E-state index contributed by atoms with van der Waals surface area (Å²) < 4.78 is 15.7. The van der Waals surface area contributed by atoms with Crippen LogP contribution in [0.25, 0.3) is 0 Å². The molecule has 0 spiro atoms. The number of morpholine rings is 1. The number of Topliss-reactive ketones (excluding diaryl/α,β-unsaturated/α-hetero) is 1. The highest BCUT2D eigenvalue weighted by atomic mass is 16.6. The molecule has 2 rings (SSSR count). The van der Waals surface area contributed by atoms with Gasteiger partial charge in [0.05, 0.1) is 25.9 Å². The van der Waals surface area contributed by atoms with Crippen molar-refractivity contribution in [1.82, 2.24) is 10.2 Å². The van der Waals surface area contributed by atoms with Crippen molar-refractivity contribution in [2.45, 2.75) is 45.8 Å². The van der Waals surface area contributed by atoms with Gasteiger partial charge >= 0.3 is 6.09 Å². The third-order valence-electron chi connectivity index (χ3n) is 4.53. The Morgan fingerprint density at radius 2 is 2.00 bits per heavy atom. The molecular weight excluding hydrogens is 328 g/mol. The van der Waals surface area contributed by atoms with Crippen LogP contribution in [-0.4, -0.2) is 74.3 Å². The van der Waals surface area contributed by atoms with E-state index in [0.29, 0.717) is 32.7 Å². The van der Waals surface area contributed by atoms with E-state index in [2.05, 4.69) is 5.32 Å². The number of carbonyl (C=O) groups is 3. The molecule has 2 saturated heterocycles. The van der Waals surface area contributed by atoms with Crippen LogP contribution in [-0.2, 0) is 23.8 Å². The minimum Gasteiger partial charge on any atom is -0.449 e. The second-order valence-electron chi connectivity index (χ2n) is 7.33. The SMILES string of the molecule is CC1OCC(=O)C1NC(=O)CC(C)(C)CCOC(=O)N1CCOCC1. The van der Waals surface area contributed by atoms with E-state index in [-0.39, 0.29) is 48.9 Å². The van der Waals surface area contributed by atoms with E-state index in [0.717, 1.165) is 0 Å². The van der Waals surface area contributed by atoms with Gasteiger partial charge in [0, 0.05) is 19.5 Å². The molecule has 2 amide bonds. The Morgan fingerprint density at radius 3 is 2.60 bits per heavy atom. The van der Waals surface area contributed by atoms with E-state index < -0.39 is 6.04 Å². The molecule has 1 N–H and O–H groups in total. The van der Waals surface area contributed by atoms with Crippen molar-refractivity contribution in [3.8, 4) is 0 Å². The predicted molar refractivity (Wildman–Crippen MR) is 89.1 cm³/mol. The van der Waals surface area contributed by atoms with Gasteiger partial charge in [0.15, 0.2) is 5.78 Å². The molecule has 2 unspecified atom stereocenters. The number of ether oxygens (including phenoxy) is 3. The minimum atomic E-state index is -0.567. The lowest BCUT2D eigenvalue weighted by Crippen LogP contribution is -2.45. The highest BCUT2D eigenvalue weighted by Gasteiger charge is 2.35. The maximum absolute atomic E-state index is 12.2. The summed E-state index contributed by atoms with van der Waals surface area (Å²) >= 11 is 0. The summed E-state index contributed by atoms with van der Waals surface area (Å²) in [4.78, 5) is 37.4. The van der Waals surface area contributed by atoms with Crippen molar-refractivity contribution < 1.29 is 28.6 Å². The van der Waals surface area contributed by atoms with Gasteiger partial charge in [-0.25, -0.2) is 4.79 Å². The number of hydrogen-bond donors (Lipinski definition) is 1. The summed E-state index contributed by atoms with van der Waals surface area (Å²) in [6.45, 7) is 8.08. The molecule has 8 heteroatoms. The van der Waals surface area contributed by atoms with E-state index >= 15 is 0 Å². The fourth-order valence-electron chi connectivity index (χ4n) is 2.86. The molecule has 0 aromatic carbocycles. The molecule has 0 aromatic rings. The molecule has 142 valence electrons. The molecule has 2 fully saturated rings. The first kappa shape index (κ1) is 19.7. The number of ketones is 1. The topological polar surface area (TPSA) is 94.2 Å². The van der Waals surface area contributed by atoms with Crippen LogP contribution in [0.5, 0.6) is 0 Å². The molecular formula is C17H28N2O6. The first-order valence-electron chi connectivity index (χ1n) is 8.72. The van der Waals surface area contributed by atoms with Crippen LogP contribution in [0.4, 0.5) is 4.79 Å². The molecule has 0 radical (unpaired) electrons. The number of nitrogens with one attached hydrogen (secondary N) is 1. The van der Waals surface area contributed by atoms with Gasteiger partial charge < -0.3 is 24.4 Å². The quantitative estimate of drug-likeness (QED) is 0.754. The monoisotopic (exact) mass is 356 g/mol. The smallest absolute Gasteiger partial charge is 0.409 e. The maximum atomic E-state index is 12.2.